The molecule has 160 valence electrons. The lowest BCUT2D eigenvalue weighted by Gasteiger charge is -2.12. The molecule has 0 aromatic heterocycles. The Labute approximate surface area is 193 Å². The Bertz CT molecular complexity index is 1220. The second kappa shape index (κ2) is 9.42. The van der Waals surface area contributed by atoms with E-state index in [-0.39, 0.29) is 12.2 Å². The maximum atomic E-state index is 12.8. The van der Waals surface area contributed by atoms with E-state index in [1.54, 1.807) is 36.0 Å². The van der Waals surface area contributed by atoms with Crippen LogP contribution in [-0.2, 0) is 11.3 Å². The molecule has 0 N–H and O–H groups in total. The molecule has 0 saturated carbocycles. The van der Waals surface area contributed by atoms with Crippen molar-refractivity contribution in [3.8, 4) is 0 Å². The van der Waals surface area contributed by atoms with Crippen LogP contribution >= 0.6 is 23.5 Å². The van der Waals surface area contributed by atoms with Crippen LogP contribution in [0, 0.1) is 17.0 Å². The highest BCUT2D eigenvalue weighted by Crippen LogP contribution is 2.35. The minimum absolute atomic E-state index is 0.114. The number of thioether (sulfide) groups is 1. The van der Waals surface area contributed by atoms with Gasteiger partial charge in [-0.05, 0) is 54.6 Å². The van der Waals surface area contributed by atoms with E-state index in [4.69, 9.17) is 0 Å². The van der Waals surface area contributed by atoms with Gasteiger partial charge in [0.2, 0.25) is 0 Å². The average molecular weight is 463 g/mol. The maximum Gasteiger partial charge on any atom is 0.293 e. The number of nitro groups is 1. The van der Waals surface area contributed by atoms with Crippen LogP contribution in [0.4, 0.5) is 10.5 Å². The number of carbonyl (C=O) groups is 2. The number of hydrogen-bond donors (Lipinski definition) is 0. The molecule has 0 aliphatic carbocycles. The van der Waals surface area contributed by atoms with E-state index in [9.17, 15) is 19.7 Å². The van der Waals surface area contributed by atoms with Crippen molar-refractivity contribution < 1.29 is 14.5 Å². The van der Waals surface area contributed by atoms with Crippen molar-refractivity contribution in [1.29, 1.82) is 0 Å². The van der Waals surface area contributed by atoms with Crippen LogP contribution in [0.3, 0.4) is 0 Å². The van der Waals surface area contributed by atoms with E-state index in [0.29, 0.717) is 10.5 Å². The van der Waals surface area contributed by atoms with Gasteiger partial charge in [0.15, 0.2) is 0 Å². The first-order valence-electron chi connectivity index (χ1n) is 9.73. The number of aryl methyl sites for hydroxylation is 1. The highest BCUT2D eigenvalue weighted by molar-refractivity contribution is 8.18. The third-order valence-corrected chi connectivity index (χ3v) is 6.75. The quantitative estimate of drug-likeness (QED) is 0.243. The van der Waals surface area contributed by atoms with Crippen molar-refractivity contribution in [2.45, 2.75) is 23.3 Å². The number of rotatable bonds is 6. The summed E-state index contributed by atoms with van der Waals surface area (Å²) in [5.41, 5.74) is 2.21. The Balaban J connectivity index is 1.48. The van der Waals surface area contributed by atoms with Crippen LogP contribution in [0.5, 0.6) is 0 Å². The largest absolute Gasteiger partial charge is 0.293 e. The molecule has 2 amide bonds. The fourth-order valence-corrected chi connectivity index (χ4v) is 4.81. The van der Waals surface area contributed by atoms with Gasteiger partial charge in [0.25, 0.3) is 16.8 Å². The number of hydrogen-bond acceptors (Lipinski definition) is 6. The maximum absolute atomic E-state index is 12.8. The minimum Gasteiger partial charge on any atom is -0.268 e. The van der Waals surface area contributed by atoms with Crippen LogP contribution in [0.2, 0.25) is 0 Å². The van der Waals surface area contributed by atoms with Crippen LogP contribution in [0.15, 0.2) is 87.5 Å². The number of amides is 2. The van der Waals surface area contributed by atoms with Crippen molar-refractivity contribution >= 4 is 46.4 Å². The van der Waals surface area contributed by atoms with E-state index in [1.165, 1.54) is 11.6 Å². The summed E-state index contributed by atoms with van der Waals surface area (Å²) < 4.78 is 0. The number of para-hydroxylation sites is 1. The lowest BCUT2D eigenvalue weighted by atomic mass is 10.1. The Morgan fingerprint density at radius 1 is 0.969 bits per heavy atom. The first kappa shape index (κ1) is 21.9. The van der Waals surface area contributed by atoms with E-state index < -0.39 is 16.1 Å². The molecule has 3 aromatic carbocycles. The first-order valence-corrected chi connectivity index (χ1v) is 11.4. The summed E-state index contributed by atoms with van der Waals surface area (Å²) in [4.78, 5) is 39.4. The van der Waals surface area contributed by atoms with E-state index in [2.05, 4.69) is 24.3 Å². The van der Waals surface area contributed by atoms with Gasteiger partial charge in [-0.3, -0.25) is 24.6 Å². The summed E-state index contributed by atoms with van der Waals surface area (Å²) >= 11 is 2.49. The van der Waals surface area contributed by atoms with E-state index in [0.717, 1.165) is 32.0 Å². The summed E-state index contributed by atoms with van der Waals surface area (Å²) in [6, 6.07) is 22.1. The van der Waals surface area contributed by atoms with Crippen LogP contribution < -0.4 is 0 Å². The second-order valence-electron chi connectivity index (χ2n) is 7.14. The predicted molar refractivity (Wildman–Crippen MR) is 126 cm³/mol. The number of carbonyl (C=O) groups excluding carboxylic acids is 2. The highest BCUT2D eigenvalue weighted by atomic mass is 32.2. The zero-order valence-electron chi connectivity index (χ0n) is 17.1. The van der Waals surface area contributed by atoms with Crippen molar-refractivity contribution in [1.82, 2.24) is 4.90 Å². The Kier molecular flexibility index (Phi) is 6.43. The molecular weight excluding hydrogens is 444 g/mol. The molecule has 8 heteroatoms. The molecule has 1 fully saturated rings. The summed E-state index contributed by atoms with van der Waals surface area (Å²) in [5.74, 6) is -0.448. The van der Waals surface area contributed by atoms with Crippen LogP contribution in [-0.4, -0.2) is 21.0 Å². The normalized spacial score (nSPS) is 14.9. The molecule has 4 rings (SSSR count). The summed E-state index contributed by atoms with van der Waals surface area (Å²) in [5, 5.41) is 10.8. The van der Waals surface area contributed by atoms with Gasteiger partial charge in [0.05, 0.1) is 16.4 Å². The minimum atomic E-state index is -0.513. The van der Waals surface area contributed by atoms with Gasteiger partial charge in [0.1, 0.15) is 0 Å². The molecule has 3 aromatic rings. The van der Waals surface area contributed by atoms with E-state index >= 15 is 0 Å². The molecule has 1 aliphatic heterocycles. The third-order valence-electron chi connectivity index (χ3n) is 4.82. The molecule has 0 spiro atoms. The molecular formula is C24H18N2O4S2. The van der Waals surface area contributed by atoms with Gasteiger partial charge < -0.3 is 0 Å². The van der Waals surface area contributed by atoms with Gasteiger partial charge >= 0.3 is 0 Å². The monoisotopic (exact) mass is 462 g/mol. The standard InChI is InChI=1S/C24H18N2O4S2/c1-16-6-10-19(11-7-16)31-20-12-8-17(9-13-20)14-22-23(27)25(24(28)32-22)15-18-4-2-3-5-21(18)26(29)30/h2-14H,15H2,1H3/b22-14-. The Morgan fingerprint density at radius 2 is 1.59 bits per heavy atom. The summed E-state index contributed by atoms with van der Waals surface area (Å²) in [6.07, 6.45) is 1.67. The first-order chi connectivity index (χ1) is 15.4. The zero-order valence-corrected chi connectivity index (χ0v) is 18.7. The molecule has 1 aliphatic rings. The van der Waals surface area contributed by atoms with Crippen molar-refractivity contribution in [3.05, 3.63) is 105 Å². The SMILES string of the molecule is Cc1ccc(Sc2ccc(/C=C3\SC(=O)N(Cc4ccccc4[N+](=O)[O-])C3=O)cc2)cc1. The Morgan fingerprint density at radius 3 is 2.25 bits per heavy atom. The third kappa shape index (κ3) is 4.92. The summed E-state index contributed by atoms with van der Waals surface area (Å²) in [6.45, 7) is 1.91. The fourth-order valence-electron chi connectivity index (χ4n) is 3.16. The Hall–Kier alpha value is -3.36. The lowest BCUT2D eigenvalue weighted by molar-refractivity contribution is -0.385. The molecule has 32 heavy (non-hydrogen) atoms. The topological polar surface area (TPSA) is 80.5 Å². The average Bonchev–Trinajstić information content (AvgIpc) is 3.04. The number of nitro benzene ring substituents is 1. The summed E-state index contributed by atoms with van der Waals surface area (Å²) in [7, 11) is 0. The van der Waals surface area contributed by atoms with E-state index in [1.807, 2.05) is 31.2 Å². The molecule has 0 atom stereocenters. The highest BCUT2D eigenvalue weighted by Gasteiger charge is 2.36. The van der Waals surface area contributed by atoms with Crippen molar-refractivity contribution in [2.75, 3.05) is 0 Å². The van der Waals surface area contributed by atoms with Crippen molar-refractivity contribution in [3.63, 3.8) is 0 Å². The van der Waals surface area contributed by atoms with Crippen LogP contribution in [0.25, 0.3) is 6.08 Å². The van der Waals surface area contributed by atoms with Gasteiger partial charge in [-0.2, -0.15) is 0 Å². The number of nitrogens with zero attached hydrogens (tertiary/aromatic N) is 2. The molecule has 1 saturated heterocycles. The lowest BCUT2D eigenvalue weighted by Crippen LogP contribution is -2.27. The smallest absolute Gasteiger partial charge is 0.268 e. The number of imide groups is 1. The number of benzene rings is 3. The van der Waals surface area contributed by atoms with Crippen molar-refractivity contribution in [2.24, 2.45) is 0 Å². The predicted octanol–water partition coefficient (Wildman–Crippen LogP) is 6.29. The fraction of sp³-hybridized carbons (Fsp3) is 0.0833. The zero-order chi connectivity index (χ0) is 22.7. The second-order valence-corrected chi connectivity index (χ2v) is 9.28. The van der Waals surface area contributed by atoms with Gasteiger partial charge in [-0.1, -0.05) is 59.8 Å². The van der Waals surface area contributed by atoms with Gasteiger partial charge in [-0.25, -0.2) is 0 Å². The molecule has 0 unspecified atom stereocenters. The molecule has 0 bridgehead atoms. The van der Waals surface area contributed by atoms with Crippen LogP contribution in [0.1, 0.15) is 16.7 Å². The van der Waals surface area contributed by atoms with Gasteiger partial charge in [-0.15, -0.1) is 0 Å². The molecule has 1 heterocycles. The molecule has 0 radical (unpaired) electrons. The molecule has 6 nitrogen and oxygen atoms in total. The van der Waals surface area contributed by atoms with Gasteiger partial charge in [0, 0.05) is 21.4 Å².